The van der Waals surface area contributed by atoms with Crippen molar-refractivity contribution in [3.63, 3.8) is 0 Å². The normalized spacial score (nSPS) is 15.5. The number of nitrogens with one attached hydrogen (secondary N) is 1. The highest BCUT2D eigenvalue weighted by atomic mass is 16.4. The zero-order valence-electron chi connectivity index (χ0n) is 22.0. The van der Waals surface area contributed by atoms with Gasteiger partial charge < -0.3 is 15.3 Å². The maximum atomic E-state index is 11.7. The van der Waals surface area contributed by atoms with Crippen LogP contribution in [0.25, 0.3) is 0 Å². The monoisotopic (exact) mass is 455 g/mol. The van der Waals surface area contributed by atoms with E-state index in [4.69, 9.17) is 5.11 Å². The molecule has 0 radical (unpaired) electrons. The number of hydrogen-bond acceptors (Lipinski definition) is 4. The number of rotatable bonds is 9. The van der Waals surface area contributed by atoms with Crippen LogP contribution in [-0.2, 0) is 14.4 Å². The maximum Gasteiger partial charge on any atom is 0.331 e. The summed E-state index contributed by atoms with van der Waals surface area (Å²) in [6.07, 6.45) is 8.77. The number of piperidine rings is 1. The molecule has 1 atom stereocenters. The van der Waals surface area contributed by atoms with Gasteiger partial charge in [0.1, 0.15) is 0 Å². The van der Waals surface area contributed by atoms with E-state index >= 15 is 0 Å². The number of nitrogens with zero attached hydrogens (tertiary/aromatic N) is 2. The number of carbonyl (C=O) groups is 3. The molecule has 2 amide bonds. The molecule has 2 N–H and O–H groups in total. The summed E-state index contributed by atoms with van der Waals surface area (Å²) in [5.74, 6) is -1.20. The van der Waals surface area contributed by atoms with Crippen LogP contribution in [-0.4, -0.2) is 71.5 Å². The Bertz CT molecular complexity index is 568. The van der Waals surface area contributed by atoms with Gasteiger partial charge in [-0.05, 0) is 59.0 Å². The number of hydrogen-bond donors (Lipinski definition) is 2. The van der Waals surface area contributed by atoms with E-state index in [2.05, 4.69) is 44.8 Å². The molecule has 0 aromatic rings. The molecule has 1 heterocycles. The number of likely N-dealkylation sites (N-methyl/N-ethyl adjacent to an activating group) is 1. The first-order valence-corrected chi connectivity index (χ1v) is 12.0. The van der Waals surface area contributed by atoms with Crippen molar-refractivity contribution in [1.82, 2.24) is 15.1 Å². The molecule has 0 aliphatic carbocycles. The van der Waals surface area contributed by atoms with Crippen molar-refractivity contribution in [2.24, 2.45) is 5.92 Å². The van der Waals surface area contributed by atoms with Crippen molar-refractivity contribution < 1.29 is 19.5 Å². The fraction of sp³-hybridized carbons (Fsp3) is 0.800. The standard InChI is InChI=1S/C12H20N2O4.C10H21N.C3H8/c1-8(2)10(5-9(3)12(17)18)14(4)11(16)6-13-7-15;1-4-10(2,3)11-8-6-5-7-9-11;1-3-2/h5,7-8,10H,6H2,1-4H3,(H,13,15)(H,17,18);4-9H2,1-3H3;3H2,1-2H3/b9-5+;;/t10-;;/m1../s1. The number of amides is 2. The van der Waals surface area contributed by atoms with E-state index in [9.17, 15) is 14.4 Å². The van der Waals surface area contributed by atoms with Crippen LogP contribution in [0.2, 0.25) is 0 Å². The van der Waals surface area contributed by atoms with Gasteiger partial charge in [0.15, 0.2) is 0 Å². The lowest BCUT2D eigenvalue weighted by Gasteiger charge is -2.40. The summed E-state index contributed by atoms with van der Waals surface area (Å²) in [4.78, 5) is 36.7. The highest BCUT2D eigenvalue weighted by Crippen LogP contribution is 2.22. The second kappa shape index (κ2) is 17.6. The Balaban J connectivity index is 0. The summed E-state index contributed by atoms with van der Waals surface area (Å²) in [7, 11) is 1.59. The smallest absolute Gasteiger partial charge is 0.331 e. The van der Waals surface area contributed by atoms with Gasteiger partial charge >= 0.3 is 5.97 Å². The molecule has 0 unspecified atom stereocenters. The van der Waals surface area contributed by atoms with Crippen molar-refractivity contribution >= 4 is 18.3 Å². The molecule has 0 saturated carbocycles. The third-order valence-electron chi connectivity index (χ3n) is 5.70. The second-order valence-corrected chi connectivity index (χ2v) is 9.31. The van der Waals surface area contributed by atoms with Crippen LogP contribution in [0.4, 0.5) is 0 Å². The number of carboxylic acid groups (broad SMARTS) is 1. The molecule has 1 rings (SSSR count). The average molecular weight is 456 g/mol. The minimum Gasteiger partial charge on any atom is -0.478 e. The Labute approximate surface area is 196 Å². The topological polar surface area (TPSA) is 90.0 Å². The summed E-state index contributed by atoms with van der Waals surface area (Å²) in [6.45, 7) is 19.1. The van der Waals surface area contributed by atoms with Gasteiger partial charge in [-0.25, -0.2) is 4.79 Å². The summed E-state index contributed by atoms with van der Waals surface area (Å²) >= 11 is 0. The van der Waals surface area contributed by atoms with Crippen LogP contribution < -0.4 is 5.32 Å². The first-order valence-electron chi connectivity index (χ1n) is 12.0. The molecule has 188 valence electrons. The predicted molar refractivity (Wildman–Crippen MR) is 133 cm³/mol. The van der Waals surface area contributed by atoms with Gasteiger partial charge in [-0.1, -0.05) is 53.5 Å². The number of carbonyl (C=O) groups excluding carboxylic acids is 2. The quantitative estimate of drug-likeness (QED) is 0.399. The fourth-order valence-corrected chi connectivity index (χ4v) is 3.22. The van der Waals surface area contributed by atoms with Crippen molar-refractivity contribution in [1.29, 1.82) is 0 Å². The zero-order valence-corrected chi connectivity index (χ0v) is 22.0. The van der Waals surface area contributed by atoms with E-state index in [-0.39, 0.29) is 30.0 Å². The Kier molecular flexibility index (Phi) is 17.8. The van der Waals surface area contributed by atoms with Crippen molar-refractivity contribution in [2.45, 2.75) is 99.1 Å². The lowest BCUT2D eigenvalue weighted by atomic mass is 9.96. The van der Waals surface area contributed by atoms with Gasteiger partial charge in [-0.3, -0.25) is 14.5 Å². The molecule has 0 spiro atoms. The van der Waals surface area contributed by atoms with Gasteiger partial charge in [0.25, 0.3) is 0 Å². The van der Waals surface area contributed by atoms with E-state index in [1.54, 1.807) is 13.1 Å². The van der Waals surface area contributed by atoms with Gasteiger partial charge in [0.2, 0.25) is 12.3 Å². The summed E-state index contributed by atoms with van der Waals surface area (Å²) < 4.78 is 0. The highest BCUT2D eigenvalue weighted by molar-refractivity contribution is 5.86. The Morgan fingerprint density at radius 2 is 1.62 bits per heavy atom. The van der Waals surface area contributed by atoms with Crippen molar-refractivity contribution in [3.05, 3.63) is 11.6 Å². The minimum atomic E-state index is -1.01. The van der Waals surface area contributed by atoms with Crippen LogP contribution in [0, 0.1) is 5.92 Å². The van der Waals surface area contributed by atoms with E-state index in [0.29, 0.717) is 11.9 Å². The number of aliphatic carboxylic acids is 1. The minimum absolute atomic E-state index is 0.0736. The van der Waals surface area contributed by atoms with E-state index in [1.165, 1.54) is 57.0 Å². The third-order valence-corrected chi connectivity index (χ3v) is 5.70. The van der Waals surface area contributed by atoms with Crippen molar-refractivity contribution in [2.75, 3.05) is 26.7 Å². The first kappa shape index (κ1) is 32.3. The lowest BCUT2D eigenvalue weighted by molar-refractivity contribution is -0.133. The Morgan fingerprint density at radius 1 is 1.12 bits per heavy atom. The first-order chi connectivity index (χ1) is 14.9. The maximum absolute atomic E-state index is 11.7. The van der Waals surface area contributed by atoms with Gasteiger partial charge in [0.05, 0.1) is 12.6 Å². The largest absolute Gasteiger partial charge is 0.478 e. The van der Waals surface area contributed by atoms with Crippen LogP contribution in [0.1, 0.15) is 87.5 Å². The van der Waals surface area contributed by atoms with E-state index in [0.717, 1.165) is 0 Å². The van der Waals surface area contributed by atoms with Crippen LogP contribution in [0.5, 0.6) is 0 Å². The molecule has 1 saturated heterocycles. The Hall–Kier alpha value is -1.89. The predicted octanol–water partition coefficient (Wildman–Crippen LogP) is 4.32. The van der Waals surface area contributed by atoms with Gasteiger partial charge in [0, 0.05) is 18.2 Å². The van der Waals surface area contributed by atoms with Crippen LogP contribution in [0.15, 0.2) is 11.6 Å². The van der Waals surface area contributed by atoms with Gasteiger partial charge in [-0.2, -0.15) is 0 Å². The lowest BCUT2D eigenvalue weighted by Crippen LogP contribution is -2.46. The Morgan fingerprint density at radius 3 is 2.00 bits per heavy atom. The summed E-state index contributed by atoms with van der Waals surface area (Å²) in [5, 5.41) is 11.1. The molecule has 0 aromatic carbocycles. The molecule has 1 aliphatic rings. The highest BCUT2D eigenvalue weighted by Gasteiger charge is 2.25. The number of likely N-dealkylation sites (tertiary alicyclic amines) is 1. The molecule has 1 fully saturated rings. The average Bonchev–Trinajstić information content (AvgIpc) is 2.76. The van der Waals surface area contributed by atoms with Gasteiger partial charge in [-0.15, -0.1) is 0 Å². The van der Waals surface area contributed by atoms with E-state index < -0.39 is 5.97 Å². The molecule has 32 heavy (non-hydrogen) atoms. The number of carboxylic acids is 1. The molecule has 1 aliphatic heterocycles. The molecular weight excluding hydrogens is 406 g/mol. The van der Waals surface area contributed by atoms with Crippen molar-refractivity contribution in [3.8, 4) is 0 Å². The molecule has 7 heteroatoms. The molecular formula is C25H49N3O4. The van der Waals surface area contributed by atoms with Crippen LogP contribution >= 0.6 is 0 Å². The molecule has 7 nitrogen and oxygen atoms in total. The summed E-state index contributed by atoms with van der Waals surface area (Å²) in [6, 6.07) is -0.318. The van der Waals surface area contributed by atoms with Crippen LogP contribution in [0.3, 0.4) is 0 Å². The molecule has 0 aromatic heterocycles. The summed E-state index contributed by atoms with van der Waals surface area (Å²) in [5.41, 5.74) is 0.636. The second-order valence-electron chi connectivity index (χ2n) is 9.31. The SMILES string of the molecule is C/C(=C\[C@H](C(C)C)N(C)C(=O)CNC=O)C(=O)O.CCC.CCC(C)(C)N1CCCCC1. The van der Waals surface area contributed by atoms with E-state index in [1.807, 2.05) is 13.8 Å². The fourth-order valence-electron chi connectivity index (χ4n) is 3.22. The third kappa shape index (κ3) is 13.5. The zero-order chi connectivity index (χ0) is 25.3. The molecule has 0 bridgehead atoms.